The highest BCUT2D eigenvalue weighted by atomic mass is 16.5. The van der Waals surface area contributed by atoms with E-state index >= 15 is 0 Å². The Morgan fingerprint density at radius 2 is 1.91 bits per heavy atom. The van der Waals surface area contributed by atoms with Crippen molar-refractivity contribution in [1.29, 1.82) is 0 Å². The summed E-state index contributed by atoms with van der Waals surface area (Å²) in [6.07, 6.45) is 5.03. The van der Waals surface area contributed by atoms with Gasteiger partial charge in [-0.2, -0.15) is 0 Å². The smallest absolute Gasteiger partial charge is 0.342 e. The van der Waals surface area contributed by atoms with E-state index in [0.29, 0.717) is 5.75 Å². The number of carbonyl (C=O) groups is 2. The van der Waals surface area contributed by atoms with Crippen molar-refractivity contribution in [1.82, 2.24) is 5.32 Å². The molecule has 0 radical (unpaired) electrons. The van der Waals surface area contributed by atoms with Gasteiger partial charge in [0.15, 0.2) is 6.61 Å². The molecule has 0 aliphatic rings. The van der Waals surface area contributed by atoms with Crippen LogP contribution in [0, 0.1) is 12.3 Å². The summed E-state index contributed by atoms with van der Waals surface area (Å²) >= 11 is 0. The van der Waals surface area contributed by atoms with Crippen LogP contribution < -0.4 is 10.1 Å². The third-order valence-corrected chi connectivity index (χ3v) is 3.01. The molecule has 0 heterocycles. The summed E-state index contributed by atoms with van der Waals surface area (Å²) in [7, 11) is 1.47. The van der Waals surface area contributed by atoms with Gasteiger partial charge >= 0.3 is 5.97 Å². The number of ether oxygens (including phenoxy) is 2. The van der Waals surface area contributed by atoms with Crippen molar-refractivity contribution in [2.24, 2.45) is 0 Å². The lowest BCUT2D eigenvalue weighted by atomic mass is 10.1. The molecule has 0 saturated heterocycles. The number of amides is 1. The standard InChI is InChI=1S/C17H15NO4/c1-3-8-18-16(19)11-22-17(20)14-9-12-6-4-5-7-13(12)10-15(14)21-2/h1,4-7,9-10H,8,11H2,2H3,(H,18,19). The van der Waals surface area contributed by atoms with Crippen molar-refractivity contribution in [3.8, 4) is 18.1 Å². The highest BCUT2D eigenvalue weighted by molar-refractivity contribution is 5.99. The Bertz CT molecular complexity index is 746. The third kappa shape index (κ3) is 3.55. The van der Waals surface area contributed by atoms with Crippen molar-refractivity contribution in [2.75, 3.05) is 20.3 Å². The Labute approximate surface area is 128 Å². The molecule has 0 aromatic heterocycles. The molecule has 2 aromatic rings. The first-order chi connectivity index (χ1) is 10.7. The van der Waals surface area contributed by atoms with Gasteiger partial charge < -0.3 is 14.8 Å². The summed E-state index contributed by atoms with van der Waals surface area (Å²) in [4.78, 5) is 23.5. The molecule has 1 amide bonds. The summed E-state index contributed by atoms with van der Waals surface area (Å²) in [5.74, 6) is 1.58. The SMILES string of the molecule is C#CCNC(=O)COC(=O)c1cc2ccccc2cc1OC. The molecular formula is C17H15NO4. The molecule has 2 rings (SSSR count). The van der Waals surface area contributed by atoms with E-state index in [1.54, 1.807) is 12.1 Å². The molecule has 22 heavy (non-hydrogen) atoms. The lowest BCUT2D eigenvalue weighted by Gasteiger charge is -2.10. The Hall–Kier alpha value is -3.00. The maximum Gasteiger partial charge on any atom is 0.342 e. The maximum atomic E-state index is 12.1. The molecule has 112 valence electrons. The average Bonchev–Trinajstić information content (AvgIpc) is 2.56. The van der Waals surface area contributed by atoms with Crippen LogP contribution in [0.5, 0.6) is 5.75 Å². The van der Waals surface area contributed by atoms with Gasteiger partial charge in [0.05, 0.1) is 13.7 Å². The number of hydrogen-bond acceptors (Lipinski definition) is 4. The summed E-state index contributed by atoms with van der Waals surface area (Å²) in [6.45, 7) is -0.299. The van der Waals surface area contributed by atoms with Gasteiger partial charge in [-0.25, -0.2) is 4.79 Å². The highest BCUT2D eigenvalue weighted by Gasteiger charge is 2.16. The van der Waals surface area contributed by atoms with Crippen LogP contribution in [0.25, 0.3) is 10.8 Å². The Kier molecular flexibility index (Phi) is 4.99. The molecule has 0 atom stereocenters. The minimum atomic E-state index is -0.626. The van der Waals surface area contributed by atoms with Crippen molar-refractivity contribution < 1.29 is 19.1 Å². The Morgan fingerprint density at radius 3 is 2.55 bits per heavy atom. The molecule has 0 aliphatic carbocycles. The van der Waals surface area contributed by atoms with Gasteiger partial charge in [-0.3, -0.25) is 4.79 Å². The number of benzene rings is 2. The van der Waals surface area contributed by atoms with Crippen molar-refractivity contribution >= 4 is 22.6 Å². The molecule has 0 bridgehead atoms. The molecule has 0 aliphatic heterocycles. The van der Waals surface area contributed by atoms with E-state index in [9.17, 15) is 9.59 Å². The van der Waals surface area contributed by atoms with E-state index in [1.165, 1.54) is 7.11 Å². The number of methoxy groups -OCH3 is 1. The number of fused-ring (bicyclic) bond motifs is 1. The molecule has 1 N–H and O–H groups in total. The second-order valence-corrected chi connectivity index (χ2v) is 4.46. The van der Waals surface area contributed by atoms with E-state index in [-0.39, 0.29) is 12.1 Å². The number of hydrogen-bond donors (Lipinski definition) is 1. The molecule has 2 aromatic carbocycles. The topological polar surface area (TPSA) is 64.6 Å². The van der Waals surface area contributed by atoms with Crippen LogP contribution in [0.2, 0.25) is 0 Å². The lowest BCUT2D eigenvalue weighted by Crippen LogP contribution is -2.29. The number of terminal acetylenes is 1. The van der Waals surface area contributed by atoms with Crippen LogP contribution in [0.4, 0.5) is 0 Å². The number of rotatable bonds is 5. The summed E-state index contributed by atoms with van der Waals surface area (Å²) < 4.78 is 10.2. The predicted octanol–water partition coefficient (Wildman–Crippen LogP) is 1.75. The van der Waals surface area contributed by atoms with Gasteiger partial charge in [0.1, 0.15) is 11.3 Å². The largest absolute Gasteiger partial charge is 0.496 e. The van der Waals surface area contributed by atoms with E-state index in [2.05, 4.69) is 11.2 Å². The van der Waals surface area contributed by atoms with Crippen molar-refractivity contribution in [2.45, 2.75) is 0 Å². The first kappa shape index (κ1) is 15.4. The fraction of sp³-hybridized carbons (Fsp3) is 0.176. The van der Waals surface area contributed by atoms with E-state index in [1.807, 2.05) is 24.3 Å². The van der Waals surface area contributed by atoms with Crippen LogP contribution in [0.1, 0.15) is 10.4 Å². The quantitative estimate of drug-likeness (QED) is 0.674. The molecule has 0 unspecified atom stereocenters. The average molecular weight is 297 g/mol. The van der Waals surface area contributed by atoms with E-state index < -0.39 is 18.5 Å². The minimum Gasteiger partial charge on any atom is -0.496 e. The number of esters is 1. The second kappa shape index (κ2) is 7.14. The van der Waals surface area contributed by atoms with Gasteiger partial charge in [-0.05, 0) is 22.9 Å². The molecule has 5 heteroatoms. The van der Waals surface area contributed by atoms with Crippen LogP contribution >= 0.6 is 0 Å². The fourth-order valence-corrected chi connectivity index (χ4v) is 1.96. The highest BCUT2D eigenvalue weighted by Crippen LogP contribution is 2.26. The number of carbonyl (C=O) groups excluding carboxylic acids is 2. The first-order valence-electron chi connectivity index (χ1n) is 6.59. The zero-order valence-corrected chi connectivity index (χ0v) is 12.1. The second-order valence-electron chi connectivity index (χ2n) is 4.46. The monoisotopic (exact) mass is 297 g/mol. The fourth-order valence-electron chi connectivity index (χ4n) is 1.96. The van der Waals surface area contributed by atoms with Gasteiger partial charge in [-0.15, -0.1) is 6.42 Å². The molecule has 0 fully saturated rings. The van der Waals surface area contributed by atoms with Crippen LogP contribution in [-0.4, -0.2) is 32.1 Å². The summed E-state index contributed by atoms with van der Waals surface area (Å²) in [6, 6.07) is 11.0. The van der Waals surface area contributed by atoms with Crippen LogP contribution in [-0.2, 0) is 9.53 Å². The molecule has 0 saturated carbocycles. The predicted molar refractivity (Wildman–Crippen MR) is 82.6 cm³/mol. The molecular weight excluding hydrogens is 282 g/mol. The van der Waals surface area contributed by atoms with Crippen molar-refractivity contribution in [3.63, 3.8) is 0 Å². The minimum absolute atomic E-state index is 0.0929. The van der Waals surface area contributed by atoms with E-state index in [0.717, 1.165) is 10.8 Å². The van der Waals surface area contributed by atoms with Crippen molar-refractivity contribution in [3.05, 3.63) is 42.0 Å². The maximum absolute atomic E-state index is 12.1. The third-order valence-electron chi connectivity index (χ3n) is 3.01. The zero-order valence-electron chi connectivity index (χ0n) is 12.1. The zero-order chi connectivity index (χ0) is 15.9. The van der Waals surface area contributed by atoms with Gasteiger partial charge in [-0.1, -0.05) is 30.2 Å². The summed E-state index contributed by atoms with van der Waals surface area (Å²) in [5.41, 5.74) is 0.269. The first-order valence-corrected chi connectivity index (χ1v) is 6.59. The molecule has 0 spiro atoms. The van der Waals surface area contributed by atoms with E-state index in [4.69, 9.17) is 15.9 Å². The molecule has 5 nitrogen and oxygen atoms in total. The normalized spacial score (nSPS) is 9.82. The van der Waals surface area contributed by atoms with Gasteiger partial charge in [0.25, 0.3) is 5.91 Å². The Balaban J connectivity index is 2.16. The van der Waals surface area contributed by atoms with Gasteiger partial charge in [0.2, 0.25) is 0 Å². The number of nitrogens with one attached hydrogen (secondary N) is 1. The van der Waals surface area contributed by atoms with Gasteiger partial charge in [0, 0.05) is 0 Å². The van der Waals surface area contributed by atoms with Crippen LogP contribution in [0.15, 0.2) is 36.4 Å². The Morgan fingerprint density at radius 1 is 1.23 bits per heavy atom. The van der Waals surface area contributed by atoms with Crippen LogP contribution in [0.3, 0.4) is 0 Å². The lowest BCUT2D eigenvalue weighted by molar-refractivity contribution is -0.123. The summed E-state index contributed by atoms with van der Waals surface area (Å²) in [5, 5.41) is 4.24.